The maximum atomic E-state index is 13.7. The molecule has 0 saturated carbocycles. The molecule has 0 aliphatic rings. The summed E-state index contributed by atoms with van der Waals surface area (Å²) < 4.78 is 26.4. The monoisotopic (exact) mass is 518 g/mol. The predicted molar refractivity (Wildman–Crippen MR) is 139 cm³/mol. The minimum Gasteiger partial charge on any atom is -0.354 e. The number of anilines is 1. The fraction of sp³-hybridized carbons (Fsp3) is 0.440. The number of rotatable bonds is 12. The van der Waals surface area contributed by atoms with E-state index in [2.05, 4.69) is 5.32 Å². The summed E-state index contributed by atoms with van der Waals surface area (Å²) in [6.45, 7) is 7.17. The Labute approximate surface area is 212 Å². The van der Waals surface area contributed by atoms with Crippen molar-refractivity contribution in [1.29, 1.82) is 0 Å². The third-order valence-electron chi connectivity index (χ3n) is 5.72. The highest BCUT2D eigenvalue weighted by Gasteiger charge is 2.32. The van der Waals surface area contributed by atoms with Gasteiger partial charge in [0.1, 0.15) is 12.6 Å². The molecule has 0 bridgehead atoms. The van der Waals surface area contributed by atoms with Crippen molar-refractivity contribution in [3.8, 4) is 0 Å². The van der Waals surface area contributed by atoms with E-state index >= 15 is 0 Å². The first kappa shape index (κ1) is 28.8. The van der Waals surface area contributed by atoms with E-state index in [4.69, 9.17) is 0 Å². The Kier molecular flexibility index (Phi) is 9.97. The van der Waals surface area contributed by atoms with Crippen LogP contribution in [0.15, 0.2) is 42.5 Å². The summed E-state index contributed by atoms with van der Waals surface area (Å²) in [6, 6.07) is 10.5. The average Bonchev–Trinajstić information content (AvgIpc) is 2.80. The molecular formula is C25H34N4O6S. The van der Waals surface area contributed by atoms with Crippen LogP contribution in [0.2, 0.25) is 0 Å². The minimum atomic E-state index is -4.00. The molecule has 0 fully saturated rings. The molecule has 0 saturated heterocycles. The van der Waals surface area contributed by atoms with Crippen molar-refractivity contribution in [2.45, 2.75) is 53.1 Å². The van der Waals surface area contributed by atoms with Gasteiger partial charge in [0.2, 0.25) is 21.8 Å². The summed E-state index contributed by atoms with van der Waals surface area (Å²) >= 11 is 0. The summed E-state index contributed by atoms with van der Waals surface area (Å²) in [5, 5.41) is 14.1. The van der Waals surface area contributed by atoms with Crippen LogP contribution in [0.4, 0.5) is 11.4 Å². The summed E-state index contributed by atoms with van der Waals surface area (Å²) in [5.74, 6) is -0.913. The number of hydrogen-bond acceptors (Lipinski definition) is 6. The number of sulfonamides is 1. The van der Waals surface area contributed by atoms with Crippen LogP contribution in [0, 0.1) is 24.0 Å². The molecule has 0 heterocycles. The normalized spacial score (nSPS) is 12.0. The Hall–Kier alpha value is -3.47. The number of nitrogens with one attached hydrogen (secondary N) is 1. The number of benzene rings is 2. The number of amides is 2. The van der Waals surface area contributed by atoms with Gasteiger partial charge >= 0.3 is 0 Å². The van der Waals surface area contributed by atoms with Gasteiger partial charge in [0.05, 0.1) is 16.9 Å². The topological polar surface area (TPSA) is 130 Å². The number of hydrogen-bond donors (Lipinski definition) is 1. The van der Waals surface area contributed by atoms with Gasteiger partial charge in [0.15, 0.2) is 0 Å². The molecule has 0 spiro atoms. The maximum Gasteiger partial charge on any atom is 0.271 e. The molecule has 2 amide bonds. The first-order valence-corrected chi connectivity index (χ1v) is 13.6. The van der Waals surface area contributed by atoms with Crippen molar-refractivity contribution in [2.75, 3.05) is 23.7 Å². The summed E-state index contributed by atoms with van der Waals surface area (Å²) in [5.41, 5.74) is 1.98. The minimum absolute atomic E-state index is 0.0408. The van der Waals surface area contributed by atoms with E-state index in [0.717, 1.165) is 34.2 Å². The van der Waals surface area contributed by atoms with Gasteiger partial charge in [0.25, 0.3) is 5.69 Å². The van der Waals surface area contributed by atoms with Crippen LogP contribution in [0.1, 0.15) is 43.4 Å². The SMILES string of the molecule is CCCNC(=O)C(CC)N(Cc1cccc(C)c1)C(=O)CN(c1cc([N+](=O)[O-])ccc1C)S(C)(=O)=O. The van der Waals surface area contributed by atoms with E-state index in [1.54, 1.807) is 13.8 Å². The van der Waals surface area contributed by atoms with E-state index in [9.17, 15) is 28.1 Å². The lowest BCUT2D eigenvalue weighted by molar-refractivity contribution is -0.384. The molecule has 11 heteroatoms. The zero-order valence-corrected chi connectivity index (χ0v) is 22.2. The number of nitro benzene ring substituents is 1. The van der Waals surface area contributed by atoms with Crippen molar-refractivity contribution in [2.24, 2.45) is 0 Å². The van der Waals surface area contributed by atoms with E-state index in [1.807, 2.05) is 38.1 Å². The molecule has 36 heavy (non-hydrogen) atoms. The molecule has 2 aromatic carbocycles. The summed E-state index contributed by atoms with van der Waals surface area (Å²) in [6.07, 6.45) is 1.98. The van der Waals surface area contributed by atoms with Crippen LogP contribution in [0.3, 0.4) is 0 Å². The predicted octanol–water partition coefficient (Wildman–Crippen LogP) is 3.31. The summed E-state index contributed by atoms with van der Waals surface area (Å²) in [4.78, 5) is 38.7. The molecule has 10 nitrogen and oxygen atoms in total. The van der Waals surface area contributed by atoms with Gasteiger partial charge in [-0.2, -0.15) is 0 Å². The molecular weight excluding hydrogens is 484 g/mol. The number of non-ortho nitro benzene ring substituents is 1. The first-order chi connectivity index (χ1) is 16.9. The van der Waals surface area contributed by atoms with Gasteiger partial charge in [-0.05, 0) is 37.8 Å². The molecule has 0 aliphatic carbocycles. The number of nitro groups is 1. The van der Waals surface area contributed by atoms with Crippen molar-refractivity contribution < 1.29 is 22.9 Å². The van der Waals surface area contributed by atoms with Crippen LogP contribution in [-0.4, -0.2) is 55.4 Å². The Balaban J connectivity index is 2.51. The van der Waals surface area contributed by atoms with Gasteiger partial charge in [-0.25, -0.2) is 8.42 Å². The van der Waals surface area contributed by atoms with Gasteiger partial charge in [-0.1, -0.05) is 49.7 Å². The third kappa shape index (κ3) is 7.51. The highest BCUT2D eigenvalue weighted by molar-refractivity contribution is 7.92. The standard InChI is InChI=1S/C25H34N4O6S/c1-6-13-26-25(31)22(7-2)27(16-20-10-8-9-18(3)14-20)24(30)17-28(36(5,34)35)23-15-21(29(32)33)12-11-19(23)4/h8-12,14-15,22H,6-7,13,16-17H2,1-5H3,(H,26,31). The van der Waals surface area contributed by atoms with E-state index in [-0.39, 0.29) is 23.8 Å². The molecule has 196 valence electrons. The van der Waals surface area contributed by atoms with E-state index in [0.29, 0.717) is 18.5 Å². The van der Waals surface area contributed by atoms with Crippen molar-refractivity contribution in [3.63, 3.8) is 0 Å². The first-order valence-electron chi connectivity index (χ1n) is 11.7. The van der Waals surface area contributed by atoms with Gasteiger partial charge < -0.3 is 10.2 Å². The van der Waals surface area contributed by atoms with Gasteiger partial charge in [-0.3, -0.25) is 24.0 Å². The molecule has 1 unspecified atom stereocenters. The molecule has 1 N–H and O–H groups in total. The van der Waals surface area contributed by atoms with E-state index < -0.39 is 33.4 Å². The molecule has 0 aliphatic heterocycles. The fourth-order valence-electron chi connectivity index (χ4n) is 3.87. The molecule has 0 aromatic heterocycles. The fourth-order valence-corrected chi connectivity index (χ4v) is 4.77. The Morgan fingerprint density at radius 2 is 1.81 bits per heavy atom. The Bertz CT molecular complexity index is 1210. The highest BCUT2D eigenvalue weighted by Crippen LogP contribution is 2.28. The maximum absolute atomic E-state index is 13.7. The van der Waals surface area contributed by atoms with Gasteiger partial charge in [0, 0.05) is 25.2 Å². The van der Waals surface area contributed by atoms with E-state index in [1.165, 1.54) is 17.0 Å². The second-order valence-electron chi connectivity index (χ2n) is 8.72. The van der Waals surface area contributed by atoms with Crippen molar-refractivity contribution in [3.05, 3.63) is 69.3 Å². The van der Waals surface area contributed by atoms with Crippen LogP contribution in [-0.2, 0) is 26.2 Å². The lowest BCUT2D eigenvalue weighted by atomic mass is 10.1. The van der Waals surface area contributed by atoms with Crippen LogP contribution >= 0.6 is 0 Å². The molecule has 0 radical (unpaired) electrons. The number of aryl methyl sites for hydroxylation is 2. The van der Waals surface area contributed by atoms with Crippen molar-refractivity contribution in [1.82, 2.24) is 10.2 Å². The zero-order chi connectivity index (χ0) is 27.0. The van der Waals surface area contributed by atoms with Crippen LogP contribution < -0.4 is 9.62 Å². The number of carbonyl (C=O) groups excluding carboxylic acids is 2. The Morgan fingerprint density at radius 1 is 1.11 bits per heavy atom. The lowest BCUT2D eigenvalue weighted by Gasteiger charge is -2.33. The second kappa shape index (κ2) is 12.5. The molecule has 2 rings (SSSR count). The number of nitrogens with zero attached hydrogens (tertiary/aromatic N) is 3. The highest BCUT2D eigenvalue weighted by atomic mass is 32.2. The lowest BCUT2D eigenvalue weighted by Crippen LogP contribution is -2.52. The largest absolute Gasteiger partial charge is 0.354 e. The van der Waals surface area contributed by atoms with Crippen LogP contribution in [0.5, 0.6) is 0 Å². The summed E-state index contributed by atoms with van der Waals surface area (Å²) in [7, 11) is -4.00. The second-order valence-corrected chi connectivity index (χ2v) is 10.6. The zero-order valence-electron chi connectivity index (χ0n) is 21.4. The van der Waals surface area contributed by atoms with Crippen LogP contribution in [0.25, 0.3) is 0 Å². The quantitative estimate of drug-likeness (QED) is 0.339. The molecule has 2 aromatic rings. The molecule has 1 atom stereocenters. The van der Waals surface area contributed by atoms with Gasteiger partial charge in [-0.15, -0.1) is 0 Å². The third-order valence-corrected chi connectivity index (χ3v) is 6.85. The average molecular weight is 519 g/mol. The Morgan fingerprint density at radius 3 is 2.36 bits per heavy atom. The van der Waals surface area contributed by atoms with Crippen molar-refractivity contribution >= 4 is 33.2 Å². The smallest absolute Gasteiger partial charge is 0.271 e. The number of carbonyl (C=O) groups is 2.